The largest absolute Gasteiger partial charge is 0.352 e. The standard InChI is InChI=1S/C17H23N3S.HI/c1-4-15-9-10-16(21-15)12-20-17(18-3)19-11-14-7-5-13(2)6-8-14;/h5-10H,4,11-12H2,1-3H3,(H2,18,19,20);1H. The summed E-state index contributed by atoms with van der Waals surface area (Å²) in [6.45, 7) is 5.89. The molecule has 0 bridgehead atoms. The molecule has 2 N–H and O–H groups in total. The van der Waals surface area contributed by atoms with Crippen LogP contribution in [0.25, 0.3) is 0 Å². The van der Waals surface area contributed by atoms with Crippen LogP contribution >= 0.6 is 35.3 Å². The maximum absolute atomic E-state index is 4.26. The summed E-state index contributed by atoms with van der Waals surface area (Å²) >= 11 is 1.86. The van der Waals surface area contributed by atoms with Crippen molar-refractivity contribution in [3.8, 4) is 0 Å². The number of aliphatic imine (C=N–C) groups is 1. The average molecular weight is 429 g/mol. The van der Waals surface area contributed by atoms with Gasteiger partial charge in [0.2, 0.25) is 0 Å². The molecule has 0 amide bonds. The lowest BCUT2D eigenvalue weighted by Gasteiger charge is -2.11. The summed E-state index contributed by atoms with van der Waals surface area (Å²) in [7, 11) is 1.80. The van der Waals surface area contributed by atoms with Crippen molar-refractivity contribution in [1.29, 1.82) is 0 Å². The number of aryl methyl sites for hydroxylation is 2. The molecule has 120 valence electrons. The molecule has 1 heterocycles. The monoisotopic (exact) mass is 429 g/mol. The Labute approximate surface area is 154 Å². The van der Waals surface area contributed by atoms with Gasteiger partial charge in [-0.15, -0.1) is 35.3 Å². The summed E-state index contributed by atoms with van der Waals surface area (Å²) in [6, 6.07) is 12.9. The minimum atomic E-state index is 0. The molecule has 0 radical (unpaired) electrons. The molecule has 0 aliphatic carbocycles. The molecule has 0 aliphatic rings. The Bertz CT molecular complexity index is 590. The van der Waals surface area contributed by atoms with Crippen LogP contribution in [-0.2, 0) is 19.5 Å². The van der Waals surface area contributed by atoms with Gasteiger partial charge in [-0.3, -0.25) is 4.99 Å². The van der Waals surface area contributed by atoms with Gasteiger partial charge in [0.1, 0.15) is 0 Å². The first kappa shape index (κ1) is 19.0. The second-order valence-electron chi connectivity index (χ2n) is 4.99. The van der Waals surface area contributed by atoms with Crippen molar-refractivity contribution in [2.24, 2.45) is 4.99 Å². The lowest BCUT2D eigenvalue weighted by Crippen LogP contribution is -2.36. The first-order chi connectivity index (χ1) is 10.2. The zero-order chi connectivity index (χ0) is 15.1. The third-order valence-corrected chi connectivity index (χ3v) is 4.53. The number of nitrogens with one attached hydrogen (secondary N) is 2. The van der Waals surface area contributed by atoms with Gasteiger partial charge in [0.15, 0.2) is 5.96 Å². The molecule has 2 rings (SSSR count). The SMILES string of the molecule is CCc1ccc(CNC(=NC)NCc2ccc(C)cc2)s1.I. The number of benzene rings is 1. The molecule has 0 saturated carbocycles. The average Bonchev–Trinajstić information content (AvgIpc) is 2.97. The van der Waals surface area contributed by atoms with Crippen molar-refractivity contribution in [3.05, 3.63) is 57.3 Å². The van der Waals surface area contributed by atoms with Gasteiger partial charge in [-0.05, 0) is 31.0 Å². The molecule has 0 spiro atoms. The molecular formula is C17H24IN3S. The van der Waals surface area contributed by atoms with Crippen molar-refractivity contribution < 1.29 is 0 Å². The predicted molar refractivity (Wildman–Crippen MR) is 107 cm³/mol. The molecule has 1 aromatic heterocycles. The van der Waals surface area contributed by atoms with Crippen LogP contribution in [0, 0.1) is 6.92 Å². The molecule has 5 heteroatoms. The second-order valence-corrected chi connectivity index (χ2v) is 6.24. The van der Waals surface area contributed by atoms with Crippen LogP contribution in [0.1, 0.15) is 27.8 Å². The van der Waals surface area contributed by atoms with E-state index in [4.69, 9.17) is 0 Å². The van der Waals surface area contributed by atoms with Crippen molar-refractivity contribution in [3.63, 3.8) is 0 Å². The summed E-state index contributed by atoms with van der Waals surface area (Å²) in [4.78, 5) is 7.03. The summed E-state index contributed by atoms with van der Waals surface area (Å²) in [5.74, 6) is 0.835. The van der Waals surface area contributed by atoms with Crippen LogP contribution in [0.15, 0.2) is 41.4 Å². The second kappa shape index (κ2) is 9.84. The number of thiophene rings is 1. The fourth-order valence-corrected chi connectivity index (χ4v) is 2.89. The molecule has 0 unspecified atom stereocenters. The quantitative estimate of drug-likeness (QED) is 0.427. The molecule has 0 fully saturated rings. The summed E-state index contributed by atoms with van der Waals surface area (Å²) in [5.41, 5.74) is 2.54. The van der Waals surface area contributed by atoms with E-state index >= 15 is 0 Å². The maximum Gasteiger partial charge on any atom is 0.191 e. The Morgan fingerprint density at radius 3 is 2.23 bits per heavy atom. The van der Waals surface area contributed by atoms with Crippen molar-refractivity contribution in [2.75, 3.05) is 7.05 Å². The Morgan fingerprint density at radius 2 is 1.64 bits per heavy atom. The Hall–Kier alpha value is -1.08. The van der Waals surface area contributed by atoms with E-state index in [-0.39, 0.29) is 24.0 Å². The van der Waals surface area contributed by atoms with Gasteiger partial charge >= 0.3 is 0 Å². The van der Waals surface area contributed by atoms with E-state index in [1.165, 1.54) is 20.9 Å². The zero-order valence-corrected chi connectivity index (χ0v) is 16.5. The number of hydrogen-bond acceptors (Lipinski definition) is 2. The highest BCUT2D eigenvalue weighted by molar-refractivity contribution is 14.0. The molecule has 22 heavy (non-hydrogen) atoms. The molecule has 0 atom stereocenters. The third-order valence-electron chi connectivity index (χ3n) is 3.30. The summed E-state index contributed by atoms with van der Waals surface area (Å²) < 4.78 is 0. The van der Waals surface area contributed by atoms with E-state index in [0.717, 1.165) is 25.5 Å². The van der Waals surface area contributed by atoms with Crippen LogP contribution < -0.4 is 10.6 Å². The van der Waals surface area contributed by atoms with Gasteiger partial charge in [-0.2, -0.15) is 0 Å². The molecular weight excluding hydrogens is 405 g/mol. The predicted octanol–water partition coefficient (Wildman–Crippen LogP) is 4.10. The number of halogens is 1. The first-order valence-corrected chi connectivity index (χ1v) is 8.10. The van der Waals surface area contributed by atoms with E-state index in [2.05, 4.69) is 65.9 Å². The van der Waals surface area contributed by atoms with E-state index in [1.807, 2.05) is 11.3 Å². The Morgan fingerprint density at radius 1 is 1.00 bits per heavy atom. The Balaban J connectivity index is 0.00000242. The van der Waals surface area contributed by atoms with Crippen molar-refractivity contribution >= 4 is 41.3 Å². The fourth-order valence-electron chi connectivity index (χ4n) is 1.99. The van der Waals surface area contributed by atoms with E-state index in [1.54, 1.807) is 7.05 Å². The normalized spacial score (nSPS) is 11.0. The molecule has 0 aliphatic heterocycles. The van der Waals surface area contributed by atoms with Crippen LogP contribution in [0.3, 0.4) is 0 Å². The molecule has 0 saturated heterocycles. The highest BCUT2D eigenvalue weighted by atomic mass is 127. The van der Waals surface area contributed by atoms with Gasteiger partial charge in [0, 0.05) is 23.3 Å². The van der Waals surface area contributed by atoms with Gasteiger partial charge in [0.25, 0.3) is 0 Å². The first-order valence-electron chi connectivity index (χ1n) is 7.29. The van der Waals surface area contributed by atoms with E-state index in [9.17, 15) is 0 Å². The molecule has 2 aromatic rings. The van der Waals surface area contributed by atoms with Crippen molar-refractivity contribution in [2.45, 2.75) is 33.4 Å². The maximum atomic E-state index is 4.26. The molecule has 1 aromatic carbocycles. The van der Waals surface area contributed by atoms with E-state index in [0.29, 0.717) is 0 Å². The molecule has 3 nitrogen and oxygen atoms in total. The summed E-state index contributed by atoms with van der Waals surface area (Å²) in [6.07, 6.45) is 1.10. The van der Waals surface area contributed by atoms with Crippen LogP contribution in [0.5, 0.6) is 0 Å². The van der Waals surface area contributed by atoms with Gasteiger partial charge in [0.05, 0.1) is 6.54 Å². The lowest BCUT2D eigenvalue weighted by atomic mass is 10.1. The fraction of sp³-hybridized carbons (Fsp3) is 0.353. The number of rotatable bonds is 5. The number of nitrogens with zero attached hydrogens (tertiary/aromatic N) is 1. The van der Waals surface area contributed by atoms with E-state index < -0.39 is 0 Å². The smallest absolute Gasteiger partial charge is 0.191 e. The minimum Gasteiger partial charge on any atom is -0.352 e. The topological polar surface area (TPSA) is 36.4 Å². The van der Waals surface area contributed by atoms with Crippen LogP contribution in [0.2, 0.25) is 0 Å². The van der Waals surface area contributed by atoms with Crippen molar-refractivity contribution in [1.82, 2.24) is 10.6 Å². The number of hydrogen-bond donors (Lipinski definition) is 2. The Kier molecular flexibility index (Phi) is 8.48. The number of guanidine groups is 1. The zero-order valence-electron chi connectivity index (χ0n) is 13.3. The third kappa shape index (κ3) is 5.96. The minimum absolute atomic E-state index is 0. The summed E-state index contributed by atoms with van der Waals surface area (Å²) in [5, 5.41) is 6.69. The van der Waals surface area contributed by atoms with Gasteiger partial charge in [-0.1, -0.05) is 36.8 Å². The highest BCUT2D eigenvalue weighted by Gasteiger charge is 2.01. The van der Waals surface area contributed by atoms with Gasteiger partial charge in [-0.25, -0.2) is 0 Å². The highest BCUT2D eigenvalue weighted by Crippen LogP contribution is 2.16. The lowest BCUT2D eigenvalue weighted by molar-refractivity contribution is 0.815. The van der Waals surface area contributed by atoms with Crippen LogP contribution in [-0.4, -0.2) is 13.0 Å². The van der Waals surface area contributed by atoms with Gasteiger partial charge < -0.3 is 10.6 Å². The van der Waals surface area contributed by atoms with Crippen LogP contribution in [0.4, 0.5) is 0 Å².